The minimum absolute atomic E-state index is 0.0227. The highest BCUT2D eigenvalue weighted by molar-refractivity contribution is 5.87. The average molecular weight is 166 g/mol. The van der Waals surface area contributed by atoms with Crippen molar-refractivity contribution in [2.45, 2.75) is 26.3 Å². The average Bonchev–Trinajstić information content (AvgIpc) is 2.06. The molecule has 0 unspecified atom stereocenters. The zero-order valence-electron chi connectivity index (χ0n) is 7.58. The third kappa shape index (κ3) is 2.75. The molecular formula is C9H14N2O. The van der Waals surface area contributed by atoms with Gasteiger partial charge in [0.15, 0.2) is 0 Å². The fraction of sp³-hybridized carbons (Fsp3) is 0.556. The smallest absolute Gasteiger partial charge is 0.246 e. The van der Waals surface area contributed by atoms with Gasteiger partial charge in [0.1, 0.15) is 0 Å². The third-order valence-electron chi connectivity index (χ3n) is 1.72. The van der Waals surface area contributed by atoms with Gasteiger partial charge in [-0.3, -0.25) is 4.79 Å². The van der Waals surface area contributed by atoms with Crippen LogP contribution in [0.2, 0.25) is 0 Å². The van der Waals surface area contributed by atoms with Crippen molar-refractivity contribution in [1.29, 1.82) is 5.26 Å². The lowest BCUT2D eigenvalue weighted by atomic mass is 10.2. The van der Waals surface area contributed by atoms with Gasteiger partial charge in [-0.1, -0.05) is 6.58 Å². The fourth-order valence-electron chi connectivity index (χ4n) is 1.04. The molecule has 0 aliphatic heterocycles. The number of rotatable bonds is 4. The lowest BCUT2D eigenvalue weighted by molar-refractivity contribution is -0.127. The van der Waals surface area contributed by atoms with Gasteiger partial charge in [0.25, 0.3) is 0 Å². The van der Waals surface area contributed by atoms with E-state index in [4.69, 9.17) is 5.26 Å². The molecule has 0 aromatic rings. The van der Waals surface area contributed by atoms with Crippen LogP contribution in [0, 0.1) is 11.3 Å². The molecule has 0 fully saturated rings. The summed E-state index contributed by atoms with van der Waals surface area (Å²) in [6.07, 6.45) is 1.64. The molecule has 0 aromatic heterocycles. The monoisotopic (exact) mass is 166 g/mol. The van der Waals surface area contributed by atoms with Crippen LogP contribution in [0.4, 0.5) is 0 Å². The number of hydrogen-bond acceptors (Lipinski definition) is 2. The van der Waals surface area contributed by atoms with Crippen molar-refractivity contribution in [3.8, 4) is 6.07 Å². The molecule has 3 heteroatoms. The molecule has 0 aromatic carbocycles. The number of likely N-dealkylation sites (N-methyl/N-ethyl adjacent to an activating group) is 1. The number of nitriles is 1. The third-order valence-corrected chi connectivity index (χ3v) is 1.72. The Labute approximate surface area is 73.3 Å². The first-order valence-electron chi connectivity index (χ1n) is 3.97. The van der Waals surface area contributed by atoms with Crippen molar-refractivity contribution in [3.05, 3.63) is 12.7 Å². The summed E-state index contributed by atoms with van der Waals surface area (Å²) in [5.41, 5.74) is 0. The standard InChI is InChI=1S/C9H14N2O/c1-4-9(12)11(5-2)8(3)6-7-10/h4,8H,1,5-6H2,2-3H3/t8-/m1/s1. The van der Waals surface area contributed by atoms with Gasteiger partial charge in [-0.2, -0.15) is 5.26 Å². The summed E-state index contributed by atoms with van der Waals surface area (Å²) >= 11 is 0. The molecule has 1 atom stereocenters. The summed E-state index contributed by atoms with van der Waals surface area (Å²) in [5.74, 6) is -0.111. The highest BCUT2D eigenvalue weighted by Gasteiger charge is 2.14. The van der Waals surface area contributed by atoms with Crippen LogP contribution in [-0.2, 0) is 4.79 Å². The molecule has 0 rings (SSSR count). The van der Waals surface area contributed by atoms with Crippen LogP contribution in [0.15, 0.2) is 12.7 Å². The van der Waals surface area contributed by atoms with E-state index in [2.05, 4.69) is 6.58 Å². The predicted molar refractivity (Wildman–Crippen MR) is 47.3 cm³/mol. The molecule has 0 aliphatic rings. The number of amides is 1. The Morgan fingerprint density at radius 2 is 2.42 bits per heavy atom. The Morgan fingerprint density at radius 3 is 2.75 bits per heavy atom. The summed E-state index contributed by atoms with van der Waals surface area (Å²) in [6.45, 7) is 7.76. The molecule has 0 saturated heterocycles. The van der Waals surface area contributed by atoms with E-state index in [0.29, 0.717) is 13.0 Å². The van der Waals surface area contributed by atoms with Crippen LogP contribution in [0.25, 0.3) is 0 Å². The molecule has 66 valence electrons. The van der Waals surface area contributed by atoms with Crippen LogP contribution < -0.4 is 0 Å². The quantitative estimate of drug-likeness (QED) is 0.591. The minimum atomic E-state index is -0.111. The van der Waals surface area contributed by atoms with E-state index in [-0.39, 0.29) is 11.9 Å². The molecule has 0 radical (unpaired) electrons. The molecule has 0 aliphatic carbocycles. The van der Waals surface area contributed by atoms with Crippen molar-refractivity contribution in [2.24, 2.45) is 0 Å². The van der Waals surface area contributed by atoms with Crippen LogP contribution in [-0.4, -0.2) is 23.4 Å². The van der Waals surface area contributed by atoms with Crippen LogP contribution in [0.1, 0.15) is 20.3 Å². The summed E-state index contributed by atoms with van der Waals surface area (Å²) in [6, 6.07) is 2.01. The van der Waals surface area contributed by atoms with Gasteiger partial charge in [-0.05, 0) is 19.9 Å². The highest BCUT2D eigenvalue weighted by atomic mass is 16.2. The topological polar surface area (TPSA) is 44.1 Å². The second-order valence-corrected chi connectivity index (χ2v) is 2.54. The zero-order chi connectivity index (χ0) is 9.56. The van der Waals surface area contributed by atoms with Gasteiger partial charge in [0, 0.05) is 12.6 Å². The normalized spacial score (nSPS) is 11.4. The lowest BCUT2D eigenvalue weighted by Gasteiger charge is -2.24. The first-order chi connectivity index (χ1) is 5.67. The molecule has 0 bridgehead atoms. The fourth-order valence-corrected chi connectivity index (χ4v) is 1.04. The van der Waals surface area contributed by atoms with E-state index >= 15 is 0 Å². The summed E-state index contributed by atoms with van der Waals surface area (Å²) in [4.78, 5) is 12.8. The predicted octanol–water partition coefficient (Wildman–Crippen LogP) is 1.32. The summed E-state index contributed by atoms with van der Waals surface area (Å²) < 4.78 is 0. The number of carbonyl (C=O) groups is 1. The first kappa shape index (κ1) is 10.7. The van der Waals surface area contributed by atoms with E-state index in [1.54, 1.807) is 4.90 Å². The van der Waals surface area contributed by atoms with Crippen LogP contribution in [0.5, 0.6) is 0 Å². The van der Waals surface area contributed by atoms with Crippen molar-refractivity contribution in [2.75, 3.05) is 6.54 Å². The number of nitrogens with zero attached hydrogens (tertiary/aromatic N) is 2. The largest absolute Gasteiger partial charge is 0.336 e. The Balaban J connectivity index is 4.24. The Bertz CT molecular complexity index is 205. The molecule has 0 heterocycles. The second-order valence-electron chi connectivity index (χ2n) is 2.54. The van der Waals surface area contributed by atoms with E-state index in [1.165, 1.54) is 6.08 Å². The van der Waals surface area contributed by atoms with Crippen molar-refractivity contribution >= 4 is 5.91 Å². The van der Waals surface area contributed by atoms with E-state index in [9.17, 15) is 4.79 Å². The SMILES string of the molecule is C=CC(=O)N(CC)[C@H](C)CC#N. The Morgan fingerprint density at radius 1 is 1.83 bits per heavy atom. The summed E-state index contributed by atoms with van der Waals surface area (Å²) in [7, 11) is 0. The van der Waals surface area contributed by atoms with Gasteiger partial charge >= 0.3 is 0 Å². The number of hydrogen-bond donors (Lipinski definition) is 0. The van der Waals surface area contributed by atoms with Gasteiger partial charge in [-0.15, -0.1) is 0 Å². The maximum absolute atomic E-state index is 11.2. The molecular weight excluding hydrogens is 152 g/mol. The molecule has 3 nitrogen and oxygen atoms in total. The summed E-state index contributed by atoms with van der Waals surface area (Å²) in [5, 5.41) is 8.42. The molecule has 12 heavy (non-hydrogen) atoms. The van der Waals surface area contributed by atoms with Crippen molar-refractivity contribution in [3.63, 3.8) is 0 Å². The van der Waals surface area contributed by atoms with Crippen LogP contribution in [0.3, 0.4) is 0 Å². The highest BCUT2D eigenvalue weighted by Crippen LogP contribution is 2.03. The first-order valence-corrected chi connectivity index (χ1v) is 3.97. The van der Waals surface area contributed by atoms with Crippen molar-refractivity contribution in [1.82, 2.24) is 4.90 Å². The maximum atomic E-state index is 11.2. The molecule has 0 saturated carbocycles. The van der Waals surface area contributed by atoms with E-state index in [1.807, 2.05) is 19.9 Å². The van der Waals surface area contributed by atoms with E-state index in [0.717, 1.165) is 0 Å². The van der Waals surface area contributed by atoms with Gasteiger partial charge < -0.3 is 4.90 Å². The molecule has 0 N–H and O–H groups in total. The van der Waals surface area contributed by atoms with Gasteiger partial charge in [0.05, 0.1) is 12.5 Å². The van der Waals surface area contributed by atoms with Gasteiger partial charge in [0.2, 0.25) is 5.91 Å². The van der Waals surface area contributed by atoms with Crippen LogP contribution >= 0.6 is 0 Å². The minimum Gasteiger partial charge on any atom is -0.336 e. The maximum Gasteiger partial charge on any atom is 0.246 e. The number of carbonyl (C=O) groups excluding carboxylic acids is 1. The van der Waals surface area contributed by atoms with Crippen molar-refractivity contribution < 1.29 is 4.79 Å². The Kier molecular flexibility index (Phi) is 4.78. The Hall–Kier alpha value is -1.30. The second kappa shape index (κ2) is 5.36. The van der Waals surface area contributed by atoms with E-state index < -0.39 is 0 Å². The zero-order valence-corrected chi connectivity index (χ0v) is 7.58. The molecule has 0 spiro atoms. The molecule has 1 amide bonds. The lowest BCUT2D eigenvalue weighted by Crippen LogP contribution is -2.37. The van der Waals surface area contributed by atoms with Gasteiger partial charge in [-0.25, -0.2) is 0 Å².